The third-order valence-electron chi connectivity index (χ3n) is 3.27. The fraction of sp³-hybridized carbons (Fsp3) is 0.500. The first-order valence-electron chi connectivity index (χ1n) is 6.09. The minimum Gasteiger partial charge on any atom is -0.289 e. The molecule has 1 saturated carbocycles. The molecule has 0 atom stereocenters. The van der Waals surface area contributed by atoms with Gasteiger partial charge in [-0.25, -0.2) is 0 Å². The van der Waals surface area contributed by atoms with E-state index in [4.69, 9.17) is 0 Å². The molecule has 16 heavy (non-hydrogen) atoms. The summed E-state index contributed by atoms with van der Waals surface area (Å²) in [6.45, 7) is 2.08. The van der Waals surface area contributed by atoms with Crippen molar-refractivity contribution < 1.29 is 0 Å². The van der Waals surface area contributed by atoms with Crippen LogP contribution in [0.2, 0.25) is 0 Å². The van der Waals surface area contributed by atoms with E-state index in [2.05, 4.69) is 42.7 Å². The second-order valence-corrected chi connectivity index (χ2v) is 5.03. The summed E-state index contributed by atoms with van der Waals surface area (Å²) in [5, 5.41) is 0. The maximum atomic E-state index is 4.68. The van der Waals surface area contributed by atoms with Gasteiger partial charge in [-0.2, -0.15) is 0 Å². The van der Waals surface area contributed by atoms with E-state index in [-0.39, 0.29) is 0 Å². The number of thiol groups is 1. The van der Waals surface area contributed by atoms with Crippen LogP contribution in [0.15, 0.2) is 28.1 Å². The summed E-state index contributed by atoms with van der Waals surface area (Å²) in [5.41, 5.74) is 2.37. The third-order valence-corrected chi connectivity index (χ3v) is 3.88. The van der Waals surface area contributed by atoms with E-state index in [1.54, 1.807) is 0 Å². The van der Waals surface area contributed by atoms with Gasteiger partial charge < -0.3 is 0 Å². The zero-order valence-corrected chi connectivity index (χ0v) is 10.7. The number of benzene rings is 1. The summed E-state index contributed by atoms with van der Waals surface area (Å²) in [7, 11) is 0. The molecule has 1 aliphatic carbocycles. The highest BCUT2D eigenvalue weighted by Crippen LogP contribution is 2.21. The first-order chi connectivity index (χ1) is 7.77. The van der Waals surface area contributed by atoms with Crippen molar-refractivity contribution >= 4 is 18.8 Å². The van der Waals surface area contributed by atoms with Crippen LogP contribution in [0.1, 0.15) is 43.2 Å². The Morgan fingerprint density at radius 2 is 2.00 bits per heavy atom. The molecule has 1 aliphatic rings. The molecule has 0 saturated heterocycles. The largest absolute Gasteiger partial charge is 0.289 e. The fourth-order valence-corrected chi connectivity index (χ4v) is 2.41. The van der Waals surface area contributed by atoms with Crippen molar-refractivity contribution in [3.05, 3.63) is 29.3 Å². The van der Waals surface area contributed by atoms with Crippen LogP contribution in [0.4, 0.5) is 0 Å². The predicted octanol–water partition coefficient (Wildman–Crippen LogP) is 4.04. The summed E-state index contributed by atoms with van der Waals surface area (Å²) in [4.78, 5) is 5.74. The lowest BCUT2D eigenvalue weighted by atomic mass is 9.96. The van der Waals surface area contributed by atoms with Gasteiger partial charge >= 0.3 is 0 Å². The van der Waals surface area contributed by atoms with Crippen LogP contribution in [-0.2, 0) is 0 Å². The van der Waals surface area contributed by atoms with Crippen LogP contribution in [-0.4, -0.2) is 12.3 Å². The average molecular weight is 233 g/mol. The van der Waals surface area contributed by atoms with E-state index in [0.29, 0.717) is 6.04 Å². The molecular weight excluding hydrogens is 214 g/mol. The highest BCUT2D eigenvalue weighted by molar-refractivity contribution is 7.80. The molecule has 0 aliphatic heterocycles. The lowest BCUT2D eigenvalue weighted by Crippen LogP contribution is -2.09. The van der Waals surface area contributed by atoms with Crippen LogP contribution in [0.25, 0.3) is 0 Å². The Morgan fingerprint density at radius 1 is 1.25 bits per heavy atom. The van der Waals surface area contributed by atoms with Gasteiger partial charge in [0.05, 0.1) is 0 Å². The minimum absolute atomic E-state index is 0.544. The predicted molar refractivity (Wildman–Crippen MR) is 72.9 cm³/mol. The molecule has 0 radical (unpaired) electrons. The number of rotatable bonds is 2. The monoisotopic (exact) mass is 233 g/mol. The summed E-state index contributed by atoms with van der Waals surface area (Å²) < 4.78 is 0. The molecule has 1 aromatic carbocycles. The number of hydrogen-bond acceptors (Lipinski definition) is 2. The van der Waals surface area contributed by atoms with Crippen molar-refractivity contribution in [1.29, 1.82) is 0 Å². The normalized spacial score (nSPS) is 18.1. The molecule has 1 nitrogen and oxygen atoms in total. The fourth-order valence-electron chi connectivity index (χ4n) is 2.20. The van der Waals surface area contributed by atoms with Crippen molar-refractivity contribution in [3.63, 3.8) is 0 Å². The van der Waals surface area contributed by atoms with Crippen LogP contribution >= 0.6 is 12.6 Å². The number of aliphatic imine (C=N–C) groups is 1. The Labute approximate surface area is 103 Å². The number of hydrogen-bond donors (Lipinski definition) is 1. The van der Waals surface area contributed by atoms with Crippen LogP contribution in [0.5, 0.6) is 0 Å². The topological polar surface area (TPSA) is 12.4 Å². The quantitative estimate of drug-likeness (QED) is 0.585. The molecule has 0 spiro atoms. The maximum absolute atomic E-state index is 4.68. The SMILES string of the molecule is Cc1cccc(C=NC2CCCCC2)c1S. The Bertz CT molecular complexity index is 378. The lowest BCUT2D eigenvalue weighted by Gasteiger charge is -2.17. The standard InChI is InChI=1S/C14H19NS/c1-11-6-5-7-12(14(11)16)10-15-13-8-3-2-4-9-13/h5-7,10,13,16H,2-4,8-9H2,1H3. The Hall–Kier alpha value is -0.760. The molecule has 0 heterocycles. The van der Waals surface area contributed by atoms with E-state index in [9.17, 15) is 0 Å². The Morgan fingerprint density at radius 3 is 2.75 bits per heavy atom. The lowest BCUT2D eigenvalue weighted by molar-refractivity contribution is 0.444. The van der Waals surface area contributed by atoms with Gasteiger partial charge in [0.25, 0.3) is 0 Å². The minimum atomic E-state index is 0.544. The molecule has 0 amide bonds. The van der Waals surface area contributed by atoms with Crippen molar-refractivity contribution in [2.75, 3.05) is 0 Å². The summed E-state index contributed by atoms with van der Waals surface area (Å²) in [6, 6.07) is 6.78. The first-order valence-corrected chi connectivity index (χ1v) is 6.54. The van der Waals surface area contributed by atoms with Gasteiger partial charge in [-0.3, -0.25) is 4.99 Å². The van der Waals surface area contributed by atoms with Crippen molar-refractivity contribution in [2.45, 2.75) is 50.0 Å². The van der Waals surface area contributed by atoms with Gasteiger partial charge in [0.2, 0.25) is 0 Å². The molecule has 0 bridgehead atoms. The Kier molecular flexibility index (Phi) is 4.05. The molecule has 1 fully saturated rings. The van der Waals surface area contributed by atoms with E-state index >= 15 is 0 Å². The zero-order chi connectivity index (χ0) is 11.4. The zero-order valence-electron chi connectivity index (χ0n) is 9.82. The summed E-state index contributed by atoms with van der Waals surface area (Å²) in [6.07, 6.45) is 8.57. The molecule has 1 aromatic rings. The van der Waals surface area contributed by atoms with Gasteiger partial charge in [-0.1, -0.05) is 37.5 Å². The highest BCUT2D eigenvalue weighted by atomic mass is 32.1. The summed E-state index contributed by atoms with van der Waals surface area (Å²) >= 11 is 4.52. The van der Waals surface area contributed by atoms with Crippen LogP contribution in [0, 0.1) is 6.92 Å². The second-order valence-electron chi connectivity index (χ2n) is 4.58. The molecule has 0 unspecified atom stereocenters. The van der Waals surface area contributed by atoms with E-state index in [1.807, 2.05) is 6.21 Å². The average Bonchev–Trinajstić information content (AvgIpc) is 2.32. The van der Waals surface area contributed by atoms with Crippen molar-refractivity contribution in [2.24, 2.45) is 4.99 Å². The molecular formula is C14H19NS. The second kappa shape index (κ2) is 5.53. The smallest absolute Gasteiger partial charge is 0.0499 e. The highest BCUT2D eigenvalue weighted by Gasteiger charge is 2.10. The molecule has 86 valence electrons. The van der Waals surface area contributed by atoms with Gasteiger partial charge in [0.15, 0.2) is 0 Å². The summed E-state index contributed by atoms with van der Waals surface area (Å²) in [5.74, 6) is 0. The first kappa shape index (κ1) is 11.7. The van der Waals surface area contributed by atoms with E-state index < -0.39 is 0 Å². The van der Waals surface area contributed by atoms with Gasteiger partial charge in [-0.05, 0) is 25.3 Å². The molecule has 0 aromatic heterocycles. The van der Waals surface area contributed by atoms with Crippen molar-refractivity contribution in [1.82, 2.24) is 0 Å². The van der Waals surface area contributed by atoms with Gasteiger partial charge in [0.1, 0.15) is 0 Å². The number of nitrogens with zero attached hydrogens (tertiary/aromatic N) is 1. The van der Waals surface area contributed by atoms with Gasteiger partial charge in [-0.15, -0.1) is 12.6 Å². The van der Waals surface area contributed by atoms with Gasteiger partial charge in [0, 0.05) is 22.7 Å². The maximum Gasteiger partial charge on any atom is 0.0499 e. The van der Waals surface area contributed by atoms with E-state index in [0.717, 1.165) is 10.5 Å². The van der Waals surface area contributed by atoms with E-state index in [1.165, 1.54) is 37.7 Å². The van der Waals surface area contributed by atoms with Crippen molar-refractivity contribution in [3.8, 4) is 0 Å². The Balaban J connectivity index is 2.07. The molecule has 2 heteroatoms. The number of aryl methyl sites for hydroxylation is 1. The molecule has 0 N–H and O–H groups in total. The third kappa shape index (κ3) is 2.88. The van der Waals surface area contributed by atoms with Crippen LogP contribution < -0.4 is 0 Å². The van der Waals surface area contributed by atoms with Crippen LogP contribution in [0.3, 0.4) is 0 Å². The molecule has 2 rings (SSSR count).